The molecule has 1 aliphatic rings. The third-order valence-electron chi connectivity index (χ3n) is 3.90. The molecule has 2 rings (SSSR count). The average molecular weight is 302 g/mol. The molecule has 0 aromatic carbocycles. The maximum absolute atomic E-state index is 11.5. The number of carboxylic acid groups (broad SMARTS) is 1. The first-order valence-electron chi connectivity index (χ1n) is 6.45. The van der Waals surface area contributed by atoms with Gasteiger partial charge in [0.2, 0.25) is 5.89 Å². The molecule has 1 aromatic rings. The summed E-state index contributed by atoms with van der Waals surface area (Å²) in [5, 5.41) is 12.1. The number of rotatable bonds is 4. The molecular weight excluding hydrogens is 284 g/mol. The van der Waals surface area contributed by atoms with E-state index in [1.54, 1.807) is 0 Å². The van der Waals surface area contributed by atoms with E-state index < -0.39 is 27.0 Å². The van der Waals surface area contributed by atoms with E-state index in [1.165, 1.54) is 6.92 Å². The van der Waals surface area contributed by atoms with Gasteiger partial charge in [-0.2, -0.15) is 4.98 Å². The Kier molecular flexibility index (Phi) is 3.86. The summed E-state index contributed by atoms with van der Waals surface area (Å²) in [6.45, 7) is 3.46. The van der Waals surface area contributed by atoms with E-state index in [4.69, 9.17) is 4.52 Å². The van der Waals surface area contributed by atoms with Crippen molar-refractivity contribution >= 4 is 15.8 Å². The fourth-order valence-electron chi connectivity index (χ4n) is 2.59. The van der Waals surface area contributed by atoms with Crippen LogP contribution >= 0.6 is 0 Å². The third kappa shape index (κ3) is 2.84. The van der Waals surface area contributed by atoms with E-state index in [0.29, 0.717) is 12.8 Å². The van der Waals surface area contributed by atoms with Crippen molar-refractivity contribution in [2.45, 2.75) is 37.9 Å². The van der Waals surface area contributed by atoms with Gasteiger partial charge in [0, 0.05) is 6.26 Å². The summed E-state index contributed by atoms with van der Waals surface area (Å²) >= 11 is 0. The summed E-state index contributed by atoms with van der Waals surface area (Å²) in [7, 11) is -3.31. The molecule has 0 bridgehead atoms. The second kappa shape index (κ2) is 5.16. The summed E-state index contributed by atoms with van der Waals surface area (Å²) < 4.78 is 28.0. The van der Waals surface area contributed by atoms with Crippen LogP contribution in [0.15, 0.2) is 4.52 Å². The van der Waals surface area contributed by atoms with Crippen LogP contribution in [0.25, 0.3) is 0 Å². The Morgan fingerprint density at radius 3 is 2.65 bits per heavy atom. The van der Waals surface area contributed by atoms with Gasteiger partial charge in [0.25, 0.3) is 0 Å². The van der Waals surface area contributed by atoms with Crippen LogP contribution in [-0.4, -0.2) is 35.9 Å². The van der Waals surface area contributed by atoms with E-state index in [0.717, 1.165) is 6.26 Å². The van der Waals surface area contributed by atoms with E-state index in [2.05, 4.69) is 10.1 Å². The molecule has 7 nitrogen and oxygen atoms in total. The van der Waals surface area contributed by atoms with Gasteiger partial charge in [0.15, 0.2) is 15.7 Å². The fraction of sp³-hybridized carbons (Fsp3) is 0.750. The standard InChI is InChI=1S/C12H18N2O5S/c1-6-4-8(9(5-6)12(15)16)11-13-10(14-19-11)7(2)20(3,17)18/h6-9H,4-5H2,1-3H3,(H,15,16). The largest absolute Gasteiger partial charge is 0.481 e. The van der Waals surface area contributed by atoms with Gasteiger partial charge in [-0.25, -0.2) is 8.42 Å². The highest BCUT2D eigenvalue weighted by molar-refractivity contribution is 7.90. The smallest absolute Gasteiger partial charge is 0.307 e. The zero-order valence-electron chi connectivity index (χ0n) is 11.6. The molecule has 1 heterocycles. The van der Waals surface area contributed by atoms with E-state index in [9.17, 15) is 18.3 Å². The molecule has 4 unspecified atom stereocenters. The quantitative estimate of drug-likeness (QED) is 0.894. The molecule has 20 heavy (non-hydrogen) atoms. The molecule has 0 amide bonds. The minimum atomic E-state index is -3.31. The van der Waals surface area contributed by atoms with Gasteiger partial charge in [-0.05, 0) is 25.7 Å². The van der Waals surface area contributed by atoms with Crippen LogP contribution in [0.2, 0.25) is 0 Å². The van der Waals surface area contributed by atoms with Gasteiger partial charge in [-0.3, -0.25) is 4.79 Å². The topological polar surface area (TPSA) is 110 Å². The number of hydrogen-bond donors (Lipinski definition) is 1. The number of sulfone groups is 1. The Balaban J connectivity index is 2.27. The normalized spacial score (nSPS) is 28.4. The highest BCUT2D eigenvalue weighted by Gasteiger charge is 2.41. The van der Waals surface area contributed by atoms with Crippen molar-refractivity contribution < 1.29 is 22.8 Å². The van der Waals surface area contributed by atoms with Gasteiger partial charge in [0.05, 0.1) is 11.8 Å². The summed E-state index contributed by atoms with van der Waals surface area (Å²) in [4.78, 5) is 15.4. The Hall–Kier alpha value is -1.44. The van der Waals surface area contributed by atoms with Crippen molar-refractivity contribution in [1.82, 2.24) is 10.1 Å². The van der Waals surface area contributed by atoms with Crippen LogP contribution in [0.1, 0.15) is 49.6 Å². The van der Waals surface area contributed by atoms with Crippen LogP contribution in [0.4, 0.5) is 0 Å². The van der Waals surface area contributed by atoms with Crippen molar-refractivity contribution in [2.24, 2.45) is 11.8 Å². The van der Waals surface area contributed by atoms with Crippen LogP contribution in [0.5, 0.6) is 0 Å². The van der Waals surface area contributed by atoms with Crippen molar-refractivity contribution in [3.63, 3.8) is 0 Å². The van der Waals surface area contributed by atoms with Crippen LogP contribution in [-0.2, 0) is 14.6 Å². The number of carboxylic acids is 1. The SMILES string of the molecule is CC1CC(C(=O)O)C(c2nc(C(C)S(C)(=O)=O)no2)C1. The van der Waals surface area contributed by atoms with Crippen molar-refractivity contribution in [3.8, 4) is 0 Å². The Morgan fingerprint density at radius 1 is 1.45 bits per heavy atom. The molecule has 112 valence electrons. The van der Waals surface area contributed by atoms with E-state index in [1.807, 2.05) is 6.92 Å². The third-order valence-corrected chi connectivity index (χ3v) is 5.39. The highest BCUT2D eigenvalue weighted by atomic mass is 32.2. The monoisotopic (exact) mass is 302 g/mol. The number of aromatic nitrogens is 2. The first-order valence-corrected chi connectivity index (χ1v) is 8.40. The molecule has 0 saturated heterocycles. The zero-order valence-corrected chi connectivity index (χ0v) is 12.4. The molecule has 0 spiro atoms. The van der Waals surface area contributed by atoms with Crippen molar-refractivity contribution in [2.75, 3.05) is 6.26 Å². The van der Waals surface area contributed by atoms with E-state index >= 15 is 0 Å². The number of aliphatic carboxylic acids is 1. The summed E-state index contributed by atoms with van der Waals surface area (Å²) in [5.74, 6) is -1.18. The number of hydrogen-bond acceptors (Lipinski definition) is 6. The second-order valence-corrected chi connectivity index (χ2v) is 7.96. The average Bonchev–Trinajstić information content (AvgIpc) is 2.92. The predicted octanol–water partition coefficient (Wildman–Crippen LogP) is 1.39. The predicted molar refractivity (Wildman–Crippen MR) is 69.8 cm³/mol. The molecule has 1 aromatic heterocycles. The molecule has 1 fully saturated rings. The van der Waals surface area contributed by atoms with Gasteiger partial charge in [-0.1, -0.05) is 12.1 Å². The highest BCUT2D eigenvalue weighted by Crippen LogP contribution is 2.42. The first kappa shape index (κ1) is 15.0. The lowest BCUT2D eigenvalue weighted by atomic mass is 9.96. The molecule has 1 saturated carbocycles. The van der Waals surface area contributed by atoms with Gasteiger partial charge >= 0.3 is 5.97 Å². The molecular formula is C12H18N2O5S. The van der Waals surface area contributed by atoms with Gasteiger partial charge < -0.3 is 9.63 Å². The molecule has 1 aliphatic carbocycles. The number of nitrogens with zero attached hydrogens (tertiary/aromatic N) is 2. The maximum Gasteiger partial charge on any atom is 0.307 e. The van der Waals surface area contributed by atoms with Crippen LogP contribution in [0.3, 0.4) is 0 Å². The Morgan fingerprint density at radius 2 is 2.10 bits per heavy atom. The van der Waals surface area contributed by atoms with Crippen LogP contribution < -0.4 is 0 Å². The van der Waals surface area contributed by atoms with Gasteiger partial charge in [-0.15, -0.1) is 0 Å². The Labute approximate surface area is 117 Å². The summed E-state index contributed by atoms with van der Waals surface area (Å²) in [5.41, 5.74) is 0. The van der Waals surface area contributed by atoms with Crippen molar-refractivity contribution in [1.29, 1.82) is 0 Å². The lowest BCUT2D eigenvalue weighted by Crippen LogP contribution is -2.17. The molecule has 1 N–H and O–H groups in total. The van der Waals surface area contributed by atoms with Crippen molar-refractivity contribution in [3.05, 3.63) is 11.7 Å². The lowest BCUT2D eigenvalue weighted by Gasteiger charge is -2.10. The molecule has 8 heteroatoms. The van der Waals surface area contributed by atoms with E-state index in [-0.39, 0.29) is 23.6 Å². The van der Waals surface area contributed by atoms with Gasteiger partial charge in [0.1, 0.15) is 5.25 Å². The lowest BCUT2D eigenvalue weighted by molar-refractivity contribution is -0.142. The van der Waals surface area contributed by atoms with Crippen LogP contribution in [0, 0.1) is 11.8 Å². The molecule has 0 aliphatic heterocycles. The summed E-state index contributed by atoms with van der Waals surface area (Å²) in [6.07, 6.45) is 2.33. The maximum atomic E-state index is 11.5. The number of carbonyl (C=O) groups is 1. The minimum Gasteiger partial charge on any atom is -0.481 e. The second-order valence-electron chi connectivity index (χ2n) is 5.59. The minimum absolute atomic E-state index is 0.0891. The summed E-state index contributed by atoms with van der Waals surface area (Å²) in [6, 6.07) is 0. The molecule has 0 radical (unpaired) electrons. The Bertz CT molecular complexity index is 609. The first-order chi connectivity index (χ1) is 9.20. The molecule has 4 atom stereocenters. The fourth-order valence-corrected chi connectivity index (χ4v) is 3.07. The zero-order chi connectivity index (χ0) is 15.1.